The maximum absolute atomic E-state index is 11.6. The number of rotatable bonds is 6. The summed E-state index contributed by atoms with van der Waals surface area (Å²) in [7, 11) is 1.49. The van der Waals surface area contributed by atoms with Crippen LogP contribution in [0.2, 0.25) is 0 Å². The van der Waals surface area contributed by atoms with Crippen LogP contribution < -0.4 is 20.7 Å². The van der Waals surface area contributed by atoms with Crippen LogP contribution in [0.3, 0.4) is 0 Å². The van der Waals surface area contributed by atoms with E-state index in [1.54, 1.807) is 25.1 Å². The maximum atomic E-state index is 11.6. The minimum absolute atomic E-state index is 0.209. The fourth-order valence-electron chi connectivity index (χ4n) is 2.10. The van der Waals surface area contributed by atoms with Gasteiger partial charge in [0, 0.05) is 5.56 Å². The third kappa shape index (κ3) is 3.51. The number of hydrogen-bond acceptors (Lipinski definition) is 6. The van der Waals surface area contributed by atoms with Gasteiger partial charge < -0.3 is 14.5 Å². The highest BCUT2D eigenvalue weighted by Crippen LogP contribution is 2.32. The van der Waals surface area contributed by atoms with E-state index >= 15 is 0 Å². The average molecular weight is 333 g/mol. The predicted molar refractivity (Wildman–Crippen MR) is 87.4 cm³/mol. The van der Waals surface area contributed by atoms with Crippen molar-refractivity contribution in [2.24, 2.45) is 0 Å². The highest BCUT2D eigenvalue weighted by molar-refractivity contribution is 5.75. The Kier molecular flexibility index (Phi) is 5.15. The second kappa shape index (κ2) is 7.27. The van der Waals surface area contributed by atoms with Gasteiger partial charge in [-0.2, -0.15) is 0 Å². The SMILES string of the molecule is CCOc1c(C=Cc2[nH]c(=O)[nH]c(=O)c2[N+](=O)[O-])cccc1OC. The van der Waals surface area contributed by atoms with Gasteiger partial charge in [-0.05, 0) is 25.1 Å². The Hall–Kier alpha value is -3.36. The van der Waals surface area contributed by atoms with Crippen molar-refractivity contribution in [3.63, 3.8) is 0 Å². The zero-order valence-electron chi connectivity index (χ0n) is 13.0. The van der Waals surface area contributed by atoms with Gasteiger partial charge in [0.15, 0.2) is 11.5 Å². The lowest BCUT2D eigenvalue weighted by Crippen LogP contribution is -2.25. The number of hydrogen-bond donors (Lipinski definition) is 2. The highest BCUT2D eigenvalue weighted by Gasteiger charge is 2.19. The summed E-state index contributed by atoms with van der Waals surface area (Å²) >= 11 is 0. The lowest BCUT2D eigenvalue weighted by atomic mass is 10.1. The summed E-state index contributed by atoms with van der Waals surface area (Å²) in [5, 5.41) is 11.0. The number of nitro groups is 1. The summed E-state index contributed by atoms with van der Waals surface area (Å²) in [5.74, 6) is 0.946. The topological polar surface area (TPSA) is 127 Å². The second-order valence-electron chi connectivity index (χ2n) is 4.57. The Bertz CT molecular complexity index is 897. The van der Waals surface area contributed by atoms with Gasteiger partial charge in [0.1, 0.15) is 5.69 Å². The Morgan fingerprint density at radius 2 is 2.00 bits per heavy atom. The molecule has 2 N–H and O–H groups in total. The molecule has 0 amide bonds. The Morgan fingerprint density at radius 1 is 1.25 bits per heavy atom. The van der Waals surface area contributed by atoms with Crippen molar-refractivity contribution >= 4 is 17.8 Å². The number of nitrogens with zero attached hydrogens (tertiary/aromatic N) is 1. The molecule has 126 valence electrons. The van der Waals surface area contributed by atoms with E-state index in [1.807, 2.05) is 4.98 Å². The minimum Gasteiger partial charge on any atom is -0.493 e. The van der Waals surface area contributed by atoms with Gasteiger partial charge in [-0.1, -0.05) is 12.1 Å². The van der Waals surface area contributed by atoms with Crippen molar-refractivity contribution in [1.29, 1.82) is 0 Å². The van der Waals surface area contributed by atoms with E-state index in [-0.39, 0.29) is 5.69 Å². The van der Waals surface area contributed by atoms with Gasteiger partial charge in [0.25, 0.3) is 0 Å². The number of para-hydroxylation sites is 1. The number of nitrogens with one attached hydrogen (secondary N) is 2. The van der Waals surface area contributed by atoms with Crippen LogP contribution in [-0.2, 0) is 0 Å². The van der Waals surface area contributed by atoms with E-state index in [0.29, 0.717) is 23.7 Å². The standard InChI is InChI=1S/C15H15N3O6/c1-3-24-13-9(5-4-6-11(13)23-2)7-8-10-12(18(21)22)14(19)17-15(20)16-10/h4-8H,3H2,1-2H3,(H2,16,17,19,20). The van der Waals surface area contributed by atoms with Gasteiger partial charge in [-0.25, -0.2) is 4.79 Å². The molecule has 1 aromatic heterocycles. The summed E-state index contributed by atoms with van der Waals surface area (Å²) < 4.78 is 10.7. The van der Waals surface area contributed by atoms with Crippen molar-refractivity contribution in [2.75, 3.05) is 13.7 Å². The molecule has 0 spiro atoms. The summed E-state index contributed by atoms with van der Waals surface area (Å²) in [5.41, 5.74) is -2.28. The van der Waals surface area contributed by atoms with Crippen molar-refractivity contribution in [2.45, 2.75) is 6.92 Å². The van der Waals surface area contributed by atoms with E-state index in [4.69, 9.17) is 9.47 Å². The fourth-order valence-corrected chi connectivity index (χ4v) is 2.10. The van der Waals surface area contributed by atoms with Gasteiger partial charge in [-0.3, -0.25) is 19.9 Å². The Morgan fingerprint density at radius 3 is 2.62 bits per heavy atom. The van der Waals surface area contributed by atoms with Crippen LogP contribution >= 0.6 is 0 Å². The van der Waals surface area contributed by atoms with Crippen LogP contribution in [0, 0.1) is 10.1 Å². The van der Waals surface area contributed by atoms with Crippen molar-refractivity contribution in [1.82, 2.24) is 9.97 Å². The molecule has 0 bridgehead atoms. The third-order valence-electron chi connectivity index (χ3n) is 3.08. The van der Waals surface area contributed by atoms with Gasteiger partial charge in [0.2, 0.25) is 0 Å². The molecule has 0 fully saturated rings. The van der Waals surface area contributed by atoms with Gasteiger partial charge in [0.05, 0.1) is 18.6 Å². The van der Waals surface area contributed by atoms with Crippen LogP contribution in [0.15, 0.2) is 27.8 Å². The zero-order valence-corrected chi connectivity index (χ0v) is 13.0. The Balaban J connectivity index is 2.55. The molecule has 1 heterocycles. The highest BCUT2D eigenvalue weighted by atomic mass is 16.6. The smallest absolute Gasteiger partial charge is 0.357 e. The molecule has 0 aliphatic rings. The number of aromatic amines is 2. The monoisotopic (exact) mass is 333 g/mol. The normalized spacial score (nSPS) is 10.8. The second-order valence-corrected chi connectivity index (χ2v) is 4.57. The van der Waals surface area contributed by atoms with Crippen LogP contribution in [-0.4, -0.2) is 28.6 Å². The van der Waals surface area contributed by atoms with Crippen molar-refractivity contribution in [3.8, 4) is 11.5 Å². The third-order valence-corrected chi connectivity index (χ3v) is 3.08. The van der Waals surface area contributed by atoms with E-state index < -0.39 is 21.9 Å². The number of benzene rings is 1. The summed E-state index contributed by atoms with van der Waals surface area (Å²) in [6, 6.07) is 5.14. The number of H-pyrrole nitrogens is 2. The minimum atomic E-state index is -1.07. The van der Waals surface area contributed by atoms with E-state index in [0.717, 1.165) is 0 Å². The van der Waals surface area contributed by atoms with E-state index in [9.17, 15) is 19.7 Å². The molecular formula is C15H15N3O6. The van der Waals surface area contributed by atoms with Gasteiger partial charge >= 0.3 is 16.9 Å². The average Bonchev–Trinajstić information content (AvgIpc) is 2.52. The first kappa shape index (κ1) is 17.0. The molecule has 9 nitrogen and oxygen atoms in total. The summed E-state index contributed by atoms with van der Waals surface area (Å²) in [6.07, 6.45) is 2.76. The molecule has 0 saturated carbocycles. The van der Waals surface area contributed by atoms with Crippen LogP contribution in [0.25, 0.3) is 12.2 Å². The number of aromatic nitrogens is 2. The van der Waals surface area contributed by atoms with Crippen molar-refractivity contribution < 1.29 is 14.4 Å². The molecule has 1 aromatic carbocycles. The van der Waals surface area contributed by atoms with Crippen LogP contribution in [0.5, 0.6) is 11.5 Å². The van der Waals surface area contributed by atoms with Crippen molar-refractivity contribution in [3.05, 3.63) is 60.4 Å². The zero-order chi connectivity index (χ0) is 17.7. The molecule has 2 rings (SSSR count). The molecule has 24 heavy (non-hydrogen) atoms. The first-order chi connectivity index (χ1) is 11.5. The molecule has 0 radical (unpaired) electrons. The largest absolute Gasteiger partial charge is 0.493 e. The maximum Gasteiger partial charge on any atom is 0.357 e. The summed E-state index contributed by atoms with van der Waals surface area (Å²) in [6.45, 7) is 2.20. The van der Waals surface area contributed by atoms with Gasteiger partial charge in [-0.15, -0.1) is 0 Å². The fraction of sp³-hybridized carbons (Fsp3) is 0.200. The number of methoxy groups -OCH3 is 1. The molecule has 0 atom stereocenters. The lowest BCUT2D eigenvalue weighted by Gasteiger charge is -2.11. The molecular weight excluding hydrogens is 318 g/mol. The lowest BCUT2D eigenvalue weighted by molar-refractivity contribution is -0.386. The van der Waals surface area contributed by atoms with Crippen LogP contribution in [0.4, 0.5) is 5.69 Å². The Labute approximate surface area is 135 Å². The van der Waals surface area contributed by atoms with E-state index in [1.165, 1.54) is 19.3 Å². The molecule has 0 unspecified atom stereocenters. The van der Waals surface area contributed by atoms with Crippen LogP contribution in [0.1, 0.15) is 18.2 Å². The predicted octanol–water partition coefficient (Wildman–Crippen LogP) is 1.55. The first-order valence-corrected chi connectivity index (χ1v) is 6.96. The molecule has 0 aliphatic heterocycles. The summed E-state index contributed by atoms with van der Waals surface area (Å²) in [4.78, 5) is 37.2. The quantitative estimate of drug-likeness (QED) is 0.610. The molecule has 9 heteroatoms. The van der Waals surface area contributed by atoms with E-state index in [2.05, 4.69) is 4.98 Å². The molecule has 0 saturated heterocycles. The molecule has 0 aliphatic carbocycles. The first-order valence-electron chi connectivity index (χ1n) is 6.96. The molecule has 2 aromatic rings. The number of ether oxygens (including phenoxy) is 2.